The zero-order valence-corrected chi connectivity index (χ0v) is 10.8. The Bertz CT molecular complexity index is 631. The highest BCUT2D eigenvalue weighted by Crippen LogP contribution is 2.41. The lowest BCUT2D eigenvalue weighted by atomic mass is 10.0. The number of nitro benzene ring substituents is 1. The quantitative estimate of drug-likeness (QED) is 0.672. The van der Waals surface area contributed by atoms with Crippen molar-refractivity contribution in [2.45, 2.75) is 18.9 Å². The Balaban J connectivity index is 2.50. The molecular weight excluding hydrogens is 256 g/mol. The Hall–Kier alpha value is -2.81. The minimum Gasteiger partial charge on any atom is -0.403 e. The maximum Gasteiger partial charge on any atom is 0.276 e. The molecule has 0 bridgehead atoms. The molecule has 0 saturated carbocycles. The van der Waals surface area contributed by atoms with E-state index in [0.717, 1.165) is 18.5 Å². The Kier molecular flexibility index (Phi) is 3.71. The molecule has 0 spiro atoms. The normalized spacial score (nSPS) is 19.9. The minimum absolute atomic E-state index is 0.0424. The summed E-state index contributed by atoms with van der Waals surface area (Å²) in [5, 5.41) is 20.1. The highest BCUT2D eigenvalue weighted by molar-refractivity contribution is 5.49. The van der Waals surface area contributed by atoms with Crippen LogP contribution in [0, 0.1) is 21.4 Å². The first-order chi connectivity index (χ1) is 9.62. The van der Waals surface area contributed by atoms with Gasteiger partial charge in [-0.25, -0.2) is 0 Å². The third-order valence-electron chi connectivity index (χ3n) is 3.45. The van der Waals surface area contributed by atoms with Gasteiger partial charge >= 0.3 is 0 Å². The number of nitro groups is 1. The van der Waals surface area contributed by atoms with E-state index in [-0.39, 0.29) is 17.3 Å². The van der Waals surface area contributed by atoms with Crippen molar-refractivity contribution in [1.29, 1.82) is 5.26 Å². The molecule has 0 amide bonds. The van der Waals surface area contributed by atoms with Gasteiger partial charge in [-0.3, -0.25) is 10.1 Å². The summed E-state index contributed by atoms with van der Waals surface area (Å²) in [5.74, 6) is 0. The maximum absolute atomic E-state index is 11.2. The number of allylic oxidation sites excluding steroid dienone is 1. The van der Waals surface area contributed by atoms with Gasteiger partial charge in [0, 0.05) is 18.0 Å². The van der Waals surface area contributed by atoms with Crippen LogP contribution >= 0.6 is 0 Å². The number of hydrogen-bond acceptors (Lipinski definition) is 5. The van der Waals surface area contributed by atoms with Gasteiger partial charge in [-0.2, -0.15) is 5.26 Å². The second kappa shape index (κ2) is 5.45. The fourth-order valence-electron chi connectivity index (χ4n) is 2.53. The molecular formula is C14H14N4O2. The van der Waals surface area contributed by atoms with Gasteiger partial charge in [0.25, 0.3) is 5.69 Å². The van der Waals surface area contributed by atoms with Crippen LogP contribution in [0.4, 0.5) is 5.69 Å². The monoisotopic (exact) mass is 270 g/mol. The van der Waals surface area contributed by atoms with Crippen LogP contribution in [-0.2, 0) is 0 Å². The molecule has 0 aromatic heterocycles. The summed E-state index contributed by atoms with van der Waals surface area (Å²) in [6, 6.07) is 6.28. The highest BCUT2D eigenvalue weighted by atomic mass is 16.6. The van der Waals surface area contributed by atoms with Crippen molar-refractivity contribution in [1.82, 2.24) is 4.90 Å². The fourth-order valence-corrected chi connectivity index (χ4v) is 2.53. The molecule has 20 heavy (non-hydrogen) atoms. The Morgan fingerprint density at radius 3 is 2.90 bits per heavy atom. The van der Waals surface area contributed by atoms with E-state index in [4.69, 9.17) is 11.0 Å². The SMILES string of the molecule is C=CN1/C(=C\N)CCC1c1ccc(C#N)cc1[N+](=O)[O-]. The molecule has 1 aliphatic rings. The fraction of sp³-hybridized carbons (Fsp3) is 0.214. The summed E-state index contributed by atoms with van der Waals surface area (Å²) in [7, 11) is 0. The third kappa shape index (κ3) is 2.21. The van der Waals surface area contributed by atoms with E-state index in [0.29, 0.717) is 5.56 Å². The standard InChI is InChI=1S/C14H14N4O2/c1-2-17-11(9-16)4-6-13(17)12-5-3-10(8-15)7-14(12)18(19)20/h2-3,5,7,9,13H,1,4,6,16H2/b11-9-. The van der Waals surface area contributed by atoms with Gasteiger partial charge in [0.05, 0.1) is 28.2 Å². The van der Waals surface area contributed by atoms with Crippen molar-refractivity contribution >= 4 is 5.69 Å². The lowest BCUT2D eigenvalue weighted by molar-refractivity contribution is -0.385. The van der Waals surface area contributed by atoms with Crippen LogP contribution < -0.4 is 5.73 Å². The number of nitrogens with two attached hydrogens (primary N) is 1. The van der Waals surface area contributed by atoms with Gasteiger partial charge in [0.15, 0.2) is 0 Å². The molecule has 6 heteroatoms. The Morgan fingerprint density at radius 1 is 1.60 bits per heavy atom. The molecule has 6 nitrogen and oxygen atoms in total. The van der Waals surface area contributed by atoms with Crippen LogP contribution in [0.2, 0.25) is 0 Å². The first kappa shape index (κ1) is 13.6. The van der Waals surface area contributed by atoms with E-state index in [1.54, 1.807) is 18.3 Å². The number of rotatable bonds is 3. The first-order valence-electron chi connectivity index (χ1n) is 6.12. The lowest BCUT2D eigenvalue weighted by Gasteiger charge is -2.23. The number of benzene rings is 1. The average Bonchev–Trinajstić information content (AvgIpc) is 2.89. The lowest BCUT2D eigenvalue weighted by Crippen LogP contribution is -2.17. The van der Waals surface area contributed by atoms with Crippen molar-refractivity contribution in [2.75, 3.05) is 0 Å². The van der Waals surface area contributed by atoms with Crippen molar-refractivity contribution in [3.8, 4) is 6.07 Å². The molecule has 2 N–H and O–H groups in total. The molecule has 1 fully saturated rings. The third-order valence-corrected chi connectivity index (χ3v) is 3.45. The van der Waals surface area contributed by atoms with Crippen molar-refractivity contribution < 1.29 is 4.92 Å². The predicted molar refractivity (Wildman–Crippen MR) is 74.1 cm³/mol. The van der Waals surface area contributed by atoms with Gasteiger partial charge in [-0.05, 0) is 31.2 Å². The Morgan fingerprint density at radius 2 is 2.35 bits per heavy atom. The average molecular weight is 270 g/mol. The van der Waals surface area contributed by atoms with Gasteiger partial charge in [-0.15, -0.1) is 0 Å². The van der Waals surface area contributed by atoms with Crippen LogP contribution in [0.3, 0.4) is 0 Å². The van der Waals surface area contributed by atoms with Gasteiger partial charge in [-0.1, -0.05) is 6.58 Å². The molecule has 1 aliphatic heterocycles. The number of nitriles is 1. The molecule has 1 aromatic carbocycles. The number of likely N-dealkylation sites (tertiary alicyclic amines) is 1. The maximum atomic E-state index is 11.2. The van der Waals surface area contributed by atoms with Gasteiger partial charge in [0.1, 0.15) is 0 Å². The smallest absolute Gasteiger partial charge is 0.276 e. The topological polar surface area (TPSA) is 96.2 Å². The van der Waals surface area contributed by atoms with Crippen LogP contribution in [0.5, 0.6) is 0 Å². The zero-order valence-electron chi connectivity index (χ0n) is 10.8. The summed E-state index contributed by atoms with van der Waals surface area (Å²) in [5.41, 5.74) is 7.26. The van der Waals surface area contributed by atoms with Crippen LogP contribution in [0.25, 0.3) is 0 Å². The molecule has 1 aromatic rings. The van der Waals surface area contributed by atoms with E-state index in [1.165, 1.54) is 12.3 Å². The minimum atomic E-state index is -0.457. The largest absolute Gasteiger partial charge is 0.403 e. The van der Waals surface area contributed by atoms with Crippen LogP contribution in [-0.4, -0.2) is 9.82 Å². The number of nitrogens with zero attached hydrogens (tertiary/aromatic N) is 3. The number of hydrogen-bond donors (Lipinski definition) is 1. The van der Waals surface area contributed by atoms with Crippen molar-refractivity contribution in [2.24, 2.45) is 5.73 Å². The van der Waals surface area contributed by atoms with Gasteiger partial charge in [0.2, 0.25) is 0 Å². The summed E-state index contributed by atoms with van der Waals surface area (Å²) in [4.78, 5) is 12.6. The van der Waals surface area contributed by atoms with Gasteiger partial charge < -0.3 is 10.6 Å². The van der Waals surface area contributed by atoms with Crippen molar-refractivity contribution in [3.05, 3.63) is 64.1 Å². The first-order valence-corrected chi connectivity index (χ1v) is 6.12. The highest BCUT2D eigenvalue weighted by Gasteiger charge is 2.32. The van der Waals surface area contributed by atoms with E-state index in [9.17, 15) is 10.1 Å². The Labute approximate surface area is 116 Å². The molecule has 1 saturated heterocycles. The second-order valence-corrected chi connectivity index (χ2v) is 4.44. The van der Waals surface area contributed by atoms with E-state index >= 15 is 0 Å². The zero-order chi connectivity index (χ0) is 14.7. The van der Waals surface area contributed by atoms with E-state index in [1.807, 2.05) is 11.0 Å². The summed E-state index contributed by atoms with van der Waals surface area (Å²) >= 11 is 0. The van der Waals surface area contributed by atoms with Crippen LogP contribution in [0.1, 0.15) is 30.0 Å². The molecule has 2 rings (SSSR count). The second-order valence-electron chi connectivity index (χ2n) is 4.44. The molecule has 0 radical (unpaired) electrons. The molecule has 1 heterocycles. The van der Waals surface area contributed by atoms with E-state index < -0.39 is 4.92 Å². The van der Waals surface area contributed by atoms with Crippen LogP contribution in [0.15, 0.2) is 42.9 Å². The predicted octanol–water partition coefficient (Wildman–Crippen LogP) is 2.55. The van der Waals surface area contributed by atoms with E-state index in [2.05, 4.69) is 6.58 Å². The molecule has 1 unspecified atom stereocenters. The summed E-state index contributed by atoms with van der Waals surface area (Å²) in [6.45, 7) is 3.73. The summed E-state index contributed by atoms with van der Waals surface area (Å²) in [6.07, 6.45) is 4.58. The molecule has 0 aliphatic carbocycles. The van der Waals surface area contributed by atoms with Crippen molar-refractivity contribution in [3.63, 3.8) is 0 Å². The molecule has 1 atom stereocenters. The summed E-state index contributed by atoms with van der Waals surface area (Å²) < 4.78 is 0. The molecule has 102 valence electrons.